The van der Waals surface area contributed by atoms with Gasteiger partial charge in [0.15, 0.2) is 0 Å². The fourth-order valence-electron chi connectivity index (χ4n) is 2.50. The maximum absolute atomic E-state index is 11.3. The van der Waals surface area contributed by atoms with Gasteiger partial charge in [0.2, 0.25) is 10.0 Å². The van der Waals surface area contributed by atoms with Gasteiger partial charge in [-0.3, -0.25) is 10.1 Å². The minimum Gasteiger partial charge on any atom is -0.380 e. The molecule has 0 aliphatic carbocycles. The zero-order valence-corrected chi connectivity index (χ0v) is 15.1. The molecule has 1 radical (unpaired) electrons. The molecule has 1 aromatic rings. The topological polar surface area (TPSA) is 139 Å². The third kappa shape index (κ3) is 5.09. The average Bonchev–Trinajstić information content (AvgIpc) is 2.48. The summed E-state index contributed by atoms with van der Waals surface area (Å²) < 4.78 is 22.6. The van der Waals surface area contributed by atoms with Crippen molar-refractivity contribution in [2.24, 2.45) is 5.14 Å². The Morgan fingerprint density at radius 3 is 2.58 bits per heavy atom. The molecule has 0 bridgehead atoms. The van der Waals surface area contributed by atoms with Crippen molar-refractivity contribution < 1.29 is 18.2 Å². The fourth-order valence-corrected chi connectivity index (χ4v) is 4.68. The van der Waals surface area contributed by atoms with E-state index in [2.05, 4.69) is 10.2 Å². The van der Waals surface area contributed by atoms with Crippen molar-refractivity contribution in [3.8, 4) is 0 Å². The minimum absolute atomic E-state index is 0.254. The van der Waals surface area contributed by atoms with Crippen LogP contribution in [0.1, 0.15) is 0 Å². The zero-order valence-electron chi connectivity index (χ0n) is 13.4. The number of nitrogens with one attached hydrogen (secondary N) is 1. The van der Waals surface area contributed by atoms with E-state index in [0.29, 0.717) is 13.1 Å². The van der Waals surface area contributed by atoms with Crippen molar-refractivity contribution in [3.05, 3.63) is 28.3 Å². The van der Waals surface area contributed by atoms with Gasteiger partial charge in [0.05, 0.1) is 9.82 Å². The van der Waals surface area contributed by atoms with Crippen LogP contribution in [0.5, 0.6) is 0 Å². The van der Waals surface area contributed by atoms with Crippen LogP contribution in [-0.4, -0.2) is 68.3 Å². The van der Waals surface area contributed by atoms with Gasteiger partial charge >= 0.3 is 0 Å². The first-order valence-electron chi connectivity index (χ1n) is 7.43. The molecular weight excluding hydrogens is 355 g/mol. The maximum Gasteiger partial charge on any atom is 0.293 e. The second-order valence-electron chi connectivity index (χ2n) is 6.04. The summed E-state index contributed by atoms with van der Waals surface area (Å²) in [7, 11) is -5.71. The summed E-state index contributed by atoms with van der Waals surface area (Å²) in [6.45, 7) is 4.73. The Kier molecular flexibility index (Phi) is 5.77. The van der Waals surface area contributed by atoms with Gasteiger partial charge in [-0.1, -0.05) is 0 Å². The van der Waals surface area contributed by atoms with Crippen molar-refractivity contribution in [1.82, 2.24) is 4.90 Å². The summed E-state index contributed by atoms with van der Waals surface area (Å²) in [5.41, 5.74) is -0.0714. The molecule has 0 saturated carbocycles. The smallest absolute Gasteiger partial charge is 0.293 e. The standard InChI is InChI=1S/C13H22N4O5PS/c1-23(20)8-6-16(7-9-23)5-4-15-12-3-2-11(24(14,21)22)10-13(12)17(18)19/h2-3,10,15,20H,4-9H2,1H3,(H2,14,21,22). The highest BCUT2D eigenvalue weighted by atomic mass is 32.2. The Morgan fingerprint density at radius 2 is 2.04 bits per heavy atom. The summed E-state index contributed by atoms with van der Waals surface area (Å²) in [5.74, 6) is 0. The van der Waals surface area contributed by atoms with Gasteiger partial charge in [0.1, 0.15) is 5.69 Å². The molecule has 0 spiro atoms. The molecule has 1 saturated heterocycles. The quantitative estimate of drug-likeness (QED) is 0.373. The van der Waals surface area contributed by atoms with E-state index in [0.717, 1.165) is 31.5 Å². The normalized spacial score (nSPS) is 18.3. The molecule has 11 heteroatoms. The Morgan fingerprint density at radius 1 is 1.42 bits per heavy atom. The highest BCUT2D eigenvalue weighted by Crippen LogP contribution is 2.51. The van der Waals surface area contributed by atoms with Gasteiger partial charge in [-0.15, -0.1) is 0 Å². The third-order valence-corrected chi connectivity index (χ3v) is 7.27. The molecule has 0 atom stereocenters. The highest BCUT2D eigenvalue weighted by Gasteiger charge is 2.25. The van der Waals surface area contributed by atoms with E-state index in [1.807, 2.05) is 6.66 Å². The first-order chi connectivity index (χ1) is 11.1. The minimum atomic E-state index is -3.99. The van der Waals surface area contributed by atoms with Crippen LogP contribution in [0.3, 0.4) is 0 Å². The molecule has 0 aromatic heterocycles. The number of sulfonamides is 1. The molecule has 1 aliphatic heterocycles. The van der Waals surface area contributed by atoms with Crippen LogP contribution in [0.4, 0.5) is 11.4 Å². The van der Waals surface area contributed by atoms with Gasteiger partial charge in [-0.05, 0) is 38.6 Å². The number of benzene rings is 1. The molecular formula is C13H22N4O5PS. The second kappa shape index (κ2) is 7.28. The van der Waals surface area contributed by atoms with Gasteiger partial charge in [-0.2, -0.15) is 0 Å². The molecule has 4 N–H and O–H groups in total. The Labute approximate surface area is 141 Å². The van der Waals surface area contributed by atoms with Gasteiger partial charge in [0.25, 0.3) is 5.69 Å². The largest absolute Gasteiger partial charge is 0.380 e. The molecule has 24 heavy (non-hydrogen) atoms. The van der Waals surface area contributed by atoms with Gasteiger partial charge < -0.3 is 15.1 Å². The molecule has 0 unspecified atom stereocenters. The summed E-state index contributed by atoms with van der Waals surface area (Å²) in [6.07, 6.45) is 1.60. The van der Waals surface area contributed by atoms with E-state index in [1.54, 1.807) is 0 Å². The fraction of sp³-hybridized carbons (Fsp3) is 0.538. The SMILES string of the molecule is C[P]1(O)CCN(CCNc2ccc(S(N)(=O)=O)cc2[N+](=O)[O-])CC1. The number of hydrogen-bond acceptors (Lipinski definition) is 7. The van der Waals surface area contributed by atoms with Crippen molar-refractivity contribution in [2.45, 2.75) is 4.90 Å². The van der Waals surface area contributed by atoms with Crippen molar-refractivity contribution in [2.75, 3.05) is 50.5 Å². The molecule has 2 rings (SSSR count). The van der Waals surface area contributed by atoms with Crippen molar-refractivity contribution in [1.29, 1.82) is 0 Å². The lowest BCUT2D eigenvalue weighted by atomic mass is 10.2. The highest BCUT2D eigenvalue weighted by molar-refractivity contribution is 7.89. The van der Waals surface area contributed by atoms with E-state index in [-0.39, 0.29) is 16.3 Å². The van der Waals surface area contributed by atoms with E-state index in [1.165, 1.54) is 12.1 Å². The lowest BCUT2D eigenvalue weighted by Crippen LogP contribution is -2.39. The predicted molar refractivity (Wildman–Crippen MR) is 94.2 cm³/mol. The molecule has 1 fully saturated rings. The number of rotatable bonds is 6. The molecule has 135 valence electrons. The van der Waals surface area contributed by atoms with E-state index < -0.39 is 22.4 Å². The van der Waals surface area contributed by atoms with Gasteiger partial charge in [0, 0.05) is 32.2 Å². The molecule has 1 aromatic carbocycles. The Hall–Kier alpha value is -1.32. The van der Waals surface area contributed by atoms with Crippen LogP contribution in [0, 0.1) is 10.1 Å². The van der Waals surface area contributed by atoms with Crippen LogP contribution in [-0.2, 0) is 10.0 Å². The second-order valence-corrected chi connectivity index (χ2v) is 11.2. The maximum atomic E-state index is 11.3. The molecule has 1 heterocycles. The predicted octanol–water partition coefficient (Wildman–Crippen LogP) is 0.524. The number of nitrogens with zero attached hydrogens (tertiary/aromatic N) is 2. The summed E-state index contributed by atoms with van der Waals surface area (Å²) in [4.78, 5) is 22.4. The number of nitro benzene ring substituents is 1. The molecule has 1 aliphatic rings. The van der Waals surface area contributed by atoms with Crippen molar-refractivity contribution >= 4 is 28.9 Å². The molecule has 0 amide bonds. The Bertz CT molecular complexity index is 715. The first-order valence-corrected chi connectivity index (χ1v) is 11.5. The van der Waals surface area contributed by atoms with Crippen LogP contribution < -0.4 is 10.5 Å². The van der Waals surface area contributed by atoms with E-state index >= 15 is 0 Å². The third-order valence-electron chi connectivity index (χ3n) is 4.03. The first kappa shape index (κ1) is 19.0. The zero-order chi connectivity index (χ0) is 18.0. The van der Waals surface area contributed by atoms with Crippen LogP contribution in [0.2, 0.25) is 0 Å². The summed E-state index contributed by atoms with van der Waals surface area (Å²) >= 11 is 0. The van der Waals surface area contributed by atoms with Crippen molar-refractivity contribution in [3.63, 3.8) is 0 Å². The molecule has 9 nitrogen and oxygen atoms in total. The lowest BCUT2D eigenvalue weighted by molar-refractivity contribution is -0.384. The van der Waals surface area contributed by atoms with Crippen LogP contribution in [0.25, 0.3) is 0 Å². The van der Waals surface area contributed by atoms with Gasteiger partial charge in [-0.25, -0.2) is 13.6 Å². The number of primary sulfonamides is 1. The number of nitro groups is 1. The average molecular weight is 377 g/mol. The van der Waals surface area contributed by atoms with Crippen LogP contribution >= 0.6 is 7.49 Å². The van der Waals surface area contributed by atoms with E-state index in [9.17, 15) is 23.4 Å². The Balaban J connectivity index is 1.99. The summed E-state index contributed by atoms with van der Waals surface area (Å²) in [6, 6.07) is 3.55. The van der Waals surface area contributed by atoms with E-state index in [4.69, 9.17) is 5.14 Å². The number of anilines is 1. The summed E-state index contributed by atoms with van der Waals surface area (Å²) in [5, 5.41) is 19.1. The number of nitrogens with two attached hydrogens (primary N) is 1. The number of hydrogen-bond donors (Lipinski definition) is 3. The lowest BCUT2D eigenvalue weighted by Gasteiger charge is -2.37. The van der Waals surface area contributed by atoms with Crippen LogP contribution in [0.15, 0.2) is 23.1 Å². The monoisotopic (exact) mass is 377 g/mol.